The normalized spacial score (nSPS) is 12.6. The number of nitrogens with one attached hydrogen (secondary N) is 1. The third-order valence-corrected chi connectivity index (χ3v) is 5.85. The number of hydrogen-bond donors (Lipinski definition) is 1. The highest BCUT2D eigenvalue weighted by Crippen LogP contribution is 2.24. The number of carbonyl (C=O) groups excluding carboxylic acids is 1. The van der Waals surface area contributed by atoms with Gasteiger partial charge in [-0.3, -0.25) is 4.79 Å². The Morgan fingerprint density at radius 3 is 2.48 bits per heavy atom. The van der Waals surface area contributed by atoms with Crippen molar-refractivity contribution in [1.29, 1.82) is 0 Å². The molecule has 2 aromatic carbocycles. The number of methoxy groups -OCH3 is 1. The molecular formula is C21H27FN2O4S. The molecule has 6 nitrogen and oxygen atoms in total. The lowest BCUT2D eigenvalue weighted by atomic mass is 10.0. The van der Waals surface area contributed by atoms with Gasteiger partial charge in [0.15, 0.2) is 0 Å². The lowest BCUT2D eigenvalue weighted by molar-refractivity contribution is -0.122. The zero-order valence-corrected chi connectivity index (χ0v) is 17.9. The van der Waals surface area contributed by atoms with Crippen LogP contribution in [0.3, 0.4) is 0 Å². The fraction of sp³-hybridized carbons (Fsp3) is 0.381. The molecule has 0 saturated carbocycles. The van der Waals surface area contributed by atoms with Crippen LogP contribution in [-0.4, -0.2) is 38.5 Å². The minimum Gasteiger partial charge on any atom is -0.496 e. The summed E-state index contributed by atoms with van der Waals surface area (Å²) in [5.41, 5.74) is 2.05. The Morgan fingerprint density at radius 1 is 1.24 bits per heavy atom. The molecule has 0 unspecified atom stereocenters. The Bertz CT molecular complexity index is 963. The average Bonchev–Trinajstić information content (AvgIpc) is 2.66. The Kier molecular flexibility index (Phi) is 7.75. The second-order valence-electron chi connectivity index (χ2n) is 6.88. The third-order valence-electron chi connectivity index (χ3n) is 4.66. The summed E-state index contributed by atoms with van der Waals surface area (Å²) in [6.07, 6.45) is 1.63. The molecule has 0 spiro atoms. The van der Waals surface area contributed by atoms with Gasteiger partial charge < -0.3 is 10.1 Å². The second kappa shape index (κ2) is 9.84. The standard InChI is InChI=1S/C21H27FN2O4S/c1-5-19(16-10-11-20(28-3)15(2)12-16)23-21(25)14-24(29(4,26)27)13-17-8-6-7-9-18(17)22/h6-12,19H,5,13-14H2,1-4H3,(H,23,25)/t19-/m1/s1. The van der Waals surface area contributed by atoms with Crippen LogP contribution in [0.25, 0.3) is 0 Å². The summed E-state index contributed by atoms with van der Waals surface area (Å²) in [7, 11) is -2.11. The monoisotopic (exact) mass is 422 g/mol. The van der Waals surface area contributed by atoms with Crippen molar-refractivity contribution < 1.29 is 22.3 Å². The van der Waals surface area contributed by atoms with Crippen LogP contribution in [-0.2, 0) is 21.4 Å². The average molecular weight is 423 g/mol. The van der Waals surface area contributed by atoms with Crippen LogP contribution in [0.15, 0.2) is 42.5 Å². The fourth-order valence-electron chi connectivity index (χ4n) is 3.05. The number of benzene rings is 2. The molecule has 0 aromatic heterocycles. The highest BCUT2D eigenvalue weighted by atomic mass is 32.2. The van der Waals surface area contributed by atoms with E-state index >= 15 is 0 Å². The first-order valence-electron chi connectivity index (χ1n) is 9.28. The van der Waals surface area contributed by atoms with Gasteiger partial charge in [-0.1, -0.05) is 37.3 Å². The van der Waals surface area contributed by atoms with Crippen LogP contribution in [0.5, 0.6) is 5.75 Å². The summed E-state index contributed by atoms with van der Waals surface area (Å²) in [5.74, 6) is -0.211. The van der Waals surface area contributed by atoms with E-state index in [9.17, 15) is 17.6 Å². The molecule has 0 aliphatic carbocycles. The van der Waals surface area contributed by atoms with Crippen LogP contribution >= 0.6 is 0 Å². The molecule has 2 aromatic rings. The summed E-state index contributed by atoms with van der Waals surface area (Å²) in [6, 6.07) is 11.3. The van der Waals surface area contributed by atoms with E-state index in [1.54, 1.807) is 13.2 Å². The summed E-state index contributed by atoms with van der Waals surface area (Å²) in [6.45, 7) is 3.24. The van der Waals surface area contributed by atoms with Crippen LogP contribution in [0.2, 0.25) is 0 Å². The number of halogens is 1. The van der Waals surface area contributed by atoms with E-state index in [-0.39, 0.29) is 18.2 Å². The molecule has 1 amide bonds. The summed E-state index contributed by atoms with van der Waals surface area (Å²) < 4.78 is 44.4. The molecule has 0 heterocycles. The Morgan fingerprint density at radius 2 is 1.93 bits per heavy atom. The van der Waals surface area contributed by atoms with E-state index < -0.39 is 28.3 Å². The van der Waals surface area contributed by atoms with Gasteiger partial charge in [0, 0.05) is 12.1 Å². The van der Waals surface area contributed by atoms with E-state index in [4.69, 9.17) is 4.74 Å². The van der Waals surface area contributed by atoms with E-state index in [0.29, 0.717) is 6.42 Å². The molecule has 158 valence electrons. The molecule has 0 bridgehead atoms. The van der Waals surface area contributed by atoms with Crippen molar-refractivity contribution in [1.82, 2.24) is 9.62 Å². The predicted molar refractivity (Wildman–Crippen MR) is 111 cm³/mol. The lowest BCUT2D eigenvalue weighted by Gasteiger charge is -2.23. The lowest BCUT2D eigenvalue weighted by Crippen LogP contribution is -2.41. The number of rotatable bonds is 9. The van der Waals surface area contributed by atoms with Crippen LogP contribution < -0.4 is 10.1 Å². The number of ether oxygens (including phenoxy) is 1. The van der Waals surface area contributed by atoms with E-state index in [2.05, 4.69) is 5.32 Å². The van der Waals surface area contributed by atoms with Crippen molar-refractivity contribution in [3.8, 4) is 5.75 Å². The summed E-state index contributed by atoms with van der Waals surface area (Å²) >= 11 is 0. The van der Waals surface area contributed by atoms with Crippen molar-refractivity contribution >= 4 is 15.9 Å². The molecule has 0 radical (unpaired) electrons. The van der Waals surface area contributed by atoms with Gasteiger partial charge in [0.05, 0.1) is 26.0 Å². The molecule has 2 rings (SSSR count). The van der Waals surface area contributed by atoms with Crippen LogP contribution in [0, 0.1) is 12.7 Å². The van der Waals surface area contributed by atoms with E-state index in [1.807, 2.05) is 32.0 Å². The van der Waals surface area contributed by atoms with Gasteiger partial charge in [0.25, 0.3) is 0 Å². The first-order chi connectivity index (χ1) is 13.7. The van der Waals surface area contributed by atoms with Crippen molar-refractivity contribution in [2.75, 3.05) is 19.9 Å². The zero-order valence-electron chi connectivity index (χ0n) is 17.1. The Hall–Kier alpha value is -2.45. The zero-order chi connectivity index (χ0) is 21.6. The van der Waals surface area contributed by atoms with Gasteiger partial charge in [-0.15, -0.1) is 0 Å². The highest BCUT2D eigenvalue weighted by molar-refractivity contribution is 7.88. The maximum absolute atomic E-state index is 13.9. The number of hydrogen-bond acceptors (Lipinski definition) is 4. The molecular weight excluding hydrogens is 395 g/mol. The van der Waals surface area contributed by atoms with Crippen LogP contribution in [0.4, 0.5) is 4.39 Å². The third kappa shape index (κ3) is 6.27. The molecule has 0 saturated heterocycles. The van der Waals surface area contributed by atoms with Gasteiger partial charge in [-0.25, -0.2) is 12.8 Å². The van der Waals surface area contributed by atoms with Crippen molar-refractivity contribution in [2.45, 2.75) is 32.9 Å². The Labute approximate surface area is 171 Å². The first kappa shape index (κ1) is 22.8. The molecule has 0 aliphatic heterocycles. The summed E-state index contributed by atoms with van der Waals surface area (Å²) in [4.78, 5) is 12.6. The van der Waals surface area contributed by atoms with Crippen molar-refractivity contribution in [3.63, 3.8) is 0 Å². The summed E-state index contributed by atoms with van der Waals surface area (Å²) in [5, 5.41) is 2.87. The molecule has 0 fully saturated rings. The topological polar surface area (TPSA) is 75.7 Å². The van der Waals surface area contributed by atoms with Gasteiger partial charge in [-0.05, 0) is 36.6 Å². The van der Waals surface area contributed by atoms with Gasteiger partial charge in [0.2, 0.25) is 15.9 Å². The number of amides is 1. The predicted octanol–water partition coefficient (Wildman–Crippen LogP) is 3.17. The maximum atomic E-state index is 13.9. The quantitative estimate of drug-likeness (QED) is 0.674. The van der Waals surface area contributed by atoms with Gasteiger partial charge >= 0.3 is 0 Å². The van der Waals surface area contributed by atoms with E-state index in [1.165, 1.54) is 18.2 Å². The molecule has 1 N–H and O–H groups in total. The molecule has 0 aliphatic rings. The van der Waals surface area contributed by atoms with Crippen LogP contribution in [0.1, 0.15) is 36.1 Å². The smallest absolute Gasteiger partial charge is 0.235 e. The number of aryl methyl sites for hydroxylation is 1. The number of carbonyl (C=O) groups is 1. The van der Waals surface area contributed by atoms with Gasteiger partial charge in [-0.2, -0.15) is 4.31 Å². The van der Waals surface area contributed by atoms with Crippen molar-refractivity contribution in [2.24, 2.45) is 0 Å². The fourth-order valence-corrected chi connectivity index (χ4v) is 3.77. The molecule has 29 heavy (non-hydrogen) atoms. The molecule has 8 heteroatoms. The number of nitrogens with zero attached hydrogens (tertiary/aromatic N) is 1. The maximum Gasteiger partial charge on any atom is 0.235 e. The van der Waals surface area contributed by atoms with E-state index in [0.717, 1.165) is 27.4 Å². The molecule has 1 atom stereocenters. The largest absolute Gasteiger partial charge is 0.496 e. The minimum absolute atomic E-state index is 0.211. The van der Waals surface area contributed by atoms with Gasteiger partial charge in [0.1, 0.15) is 11.6 Å². The highest BCUT2D eigenvalue weighted by Gasteiger charge is 2.23. The second-order valence-corrected chi connectivity index (χ2v) is 8.86. The SMILES string of the molecule is CC[C@@H](NC(=O)CN(Cc1ccccc1F)S(C)(=O)=O)c1ccc(OC)c(C)c1. The minimum atomic E-state index is -3.71. The first-order valence-corrected chi connectivity index (χ1v) is 11.1. The number of sulfonamides is 1. The van der Waals surface area contributed by atoms with Crippen molar-refractivity contribution in [3.05, 3.63) is 65.0 Å². The Balaban J connectivity index is 2.14.